The maximum Gasteiger partial charge on any atom is 0.0454 e. The molecule has 1 aliphatic rings. The highest BCUT2D eigenvalue weighted by Crippen LogP contribution is 2.43. The van der Waals surface area contributed by atoms with Crippen molar-refractivity contribution in [1.29, 1.82) is 0 Å². The van der Waals surface area contributed by atoms with Crippen LogP contribution in [0.2, 0.25) is 0 Å². The Morgan fingerprint density at radius 3 is 2.81 bits per heavy atom. The number of rotatable bonds is 5. The molecule has 0 aromatic carbocycles. The Kier molecular flexibility index (Phi) is 5.03. The highest BCUT2D eigenvalue weighted by molar-refractivity contribution is 7.26. The normalized spacial score (nSPS) is 28.0. The summed E-state index contributed by atoms with van der Waals surface area (Å²) in [6.07, 6.45) is 5.39. The first kappa shape index (κ1) is 15.5. The van der Waals surface area contributed by atoms with E-state index in [2.05, 4.69) is 43.6 Å². The van der Waals surface area contributed by atoms with Crippen molar-refractivity contribution in [3.05, 3.63) is 22.4 Å². The second-order valence-electron chi connectivity index (χ2n) is 6.76. The molecular weight excluding hydrogens is 294 g/mol. The van der Waals surface area contributed by atoms with Gasteiger partial charge in [-0.1, -0.05) is 27.2 Å². The van der Waals surface area contributed by atoms with Crippen molar-refractivity contribution in [2.24, 2.45) is 17.8 Å². The first-order valence-electron chi connectivity index (χ1n) is 8.39. The van der Waals surface area contributed by atoms with E-state index in [1.165, 1.54) is 35.1 Å². The lowest BCUT2D eigenvalue weighted by molar-refractivity contribution is 0.172. The van der Waals surface area contributed by atoms with Crippen molar-refractivity contribution in [3.63, 3.8) is 0 Å². The zero-order chi connectivity index (χ0) is 14.8. The third-order valence-electron chi connectivity index (χ3n) is 5.19. The van der Waals surface area contributed by atoms with E-state index in [1.807, 2.05) is 22.7 Å². The number of fused-ring (bicyclic) bond motifs is 1. The molecule has 0 aliphatic heterocycles. The second kappa shape index (κ2) is 6.80. The molecule has 0 spiro atoms. The molecule has 2 aromatic rings. The highest BCUT2D eigenvalue weighted by Gasteiger charge is 2.31. The van der Waals surface area contributed by atoms with Gasteiger partial charge in [0.05, 0.1) is 0 Å². The minimum atomic E-state index is 0.574. The van der Waals surface area contributed by atoms with Crippen LogP contribution >= 0.6 is 22.7 Å². The van der Waals surface area contributed by atoms with Crippen LogP contribution in [0, 0.1) is 17.8 Å². The molecule has 21 heavy (non-hydrogen) atoms. The summed E-state index contributed by atoms with van der Waals surface area (Å²) in [5.74, 6) is 2.59. The van der Waals surface area contributed by atoms with E-state index >= 15 is 0 Å². The zero-order valence-corrected chi connectivity index (χ0v) is 15.0. The number of nitrogens with one attached hydrogen (secondary N) is 1. The van der Waals surface area contributed by atoms with Gasteiger partial charge in [0.25, 0.3) is 0 Å². The van der Waals surface area contributed by atoms with Gasteiger partial charge in [-0.25, -0.2) is 0 Å². The Bertz CT molecular complexity index is 542. The Morgan fingerprint density at radius 2 is 2.10 bits per heavy atom. The predicted octanol–water partition coefficient (Wildman–Crippen LogP) is 6.08. The van der Waals surface area contributed by atoms with Gasteiger partial charge in [-0.3, -0.25) is 0 Å². The van der Waals surface area contributed by atoms with Crippen LogP contribution in [-0.4, -0.2) is 6.54 Å². The molecule has 116 valence electrons. The fourth-order valence-corrected chi connectivity index (χ4v) is 5.92. The molecule has 0 radical (unpaired) electrons. The van der Waals surface area contributed by atoms with Crippen molar-refractivity contribution in [3.8, 4) is 0 Å². The van der Waals surface area contributed by atoms with E-state index in [-0.39, 0.29) is 0 Å². The van der Waals surface area contributed by atoms with Crippen LogP contribution in [0.15, 0.2) is 17.5 Å². The van der Waals surface area contributed by atoms with Gasteiger partial charge in [-0.15, -0.1) is 22.7 Å². The van der Waals surface area contributed by atoms with Crippen LogP contribution in [0.25, 0.3) is 9.40 Å². The average molecular weight is 322 g/mol. The summed E-state index contributed by atoms with van der Waals surface area (Å²) in [7, 11) is 0. The molecule has 4 atom stereocenters. The standard InChI is InChI=1S/C18H27NS2/c1-4-8-19-18(14-6-5-12(2)13(3)10-14)17-11-16-15(21-17)7-9-20-16/h7,9,11-14,18-19H,4-6,8,10H2,1-3H3. The molecule has 1 nitrogen and oxygen atoms in total. The van der Waals surface area contributed by atoms with Crippen molar-refractivity contribution < 1.29 is 0 Å². The van der Waals surface area contributed by atoms with Gasteiger partial charge in [0.1, 0.15) is 0 Å². The van der Waals surface area contributed by atoms with E-state index in [4.69, 9.17) is 0 Å². The van der Waals surface area contributed by atoms with Crippen LogP contribution in [0.5, 0.6) is 0 Å². The fourth-order valence-electron chi connectivity index (χ4n) is 3.63. The summed E-state index contributed by atoms with van der Waals surface area (Å²) in [5.41, 5.74) is 0. The largest absolute Gasteiger partial charge is 0.309 e. The molecule has 1 N–H and O–H groups in total. The van der Waals surface area contributed by atoms with Gasteiger partial charge >= 0.3 is 0 Å². The molecular formula is C18H27NS2. The third kappa shape index (κ3) is 3.35. The van der Waals surface area contributed by atoms with E-state index in [0.717, 1.165) is 24.3 Å². The SMILES string of the molecule is CCCNC(c1cc2sccc2s1)C1CCC(C)C(C)C1. The minimum absolute atomic E-state index is 0.574. The van der Waals surface area contributed by atoms with E-state index in [9.17, 15) is 0 Å². The molecule has 2 heterocycles. The van der Waals surface area contributed by atoms with Crippen molar-refractivity contribution in [1.82, 2.24) is 5.32 Å². The molecule has 4 unspecified atom stereocenters. The first-order chi connectivity index (χ1) is 10.2. The number of hydrogen-bond donors (Lipinski definition) is 1. The van der Waals surface area contributed by atoms with Crippen LogP contribution in [0.1, 0.15) is 57.4 Å². The van der Waals surface area contributed by atoms with E-state index in [1.54, 1.807) is 4.88 Å². The monoisotopic (exact) mass is 321 g/mol. The van der Waals surface area contributed by atoms with Gasteiger partial charge in [0.15, 0.2) is 0 Å². The van der Waals surface area contributed by atoms with Crippen LogP contribution in [0.3, 0.4) is 0 Å². The van der Waals surface area contributed by atoms with Gasteiger partial charge in [0.2, 0.25) is 0 Å². The van der Waals surface area contributed by atoms with Gasteiger partial charge < -0.3 is 5.32 Å². The summed E-state index contributed by atoms with van der Waals surface area (Å²) in [6, 6.07) is 5.29. The van der Waals surface area contributed by atoms with Crippen molar-refractivity contribution in [2.75, 3.05) is 6.54 Å². The molecule has 3 rings (SSSR count). The number of thiophene rings is 2. The maximum absolute atomic E-state index is 3.86. The van der Waals surface area contributed by atoms with E-state index in [0.29, 0.717) is 6.04 Å². The van der Waals surface area contributed by atoms with Gasteiger partial charge in [-0.2, -0.15) is 0 Å². The summed E-state index contributed by atoms with van der Waals surface area (Å²) in [6.45, 7) is 8.27. The van der Waals surface area contributed by atoms with Crippen LogP contribution < -0.4 is 5.32 Å². The topological polar surface area (TPSA) is 12.0 Å². The fraction of sp³-hybridized carbons (Fsp3) is 0.667. The zero-order valence-electron chi connectivity index (χ0n) is 13.4. The molecule has 1 saturated carbocycles. The third-order valence-corrected chi connectivity index (χ3v) is 7.37. The summed E-state index contributed by atoms with van der Waals surface area (Å²) < 4.78 is 2.94. The smallest absolute Gasteiger partial charge is 0.0454 e. The van der Waals surface area contributed by atoms with Gasteiger partial charge in [-0.05, 0) is 61.1 Å². The molecule has 1 fully saturated rings. The second-order valence-corrected chi connectivity index (χ2v) is 8.82. The summed E-state index contributed by atoms with van der Waals surface area (Å²) in [5, 5.41) is 6.07. The predicted molar refractivity (Wildman–Crippen MR) is 96.4 cm³/mol. The first-order valence-corrected chi connectivity index (χ1v) is 10.1. The molecule has 0 bridgehead atoms. The molecule has 1 aliphatic carbocycles. The lowest BCUT2D eigenvalue weighted by atomic mass is 9.73. The maximum atomic E-state index is 3.86. The Balaban J connectivity index is 1.81. The summed E-state index contributed by atoms with van der Waals surface area (Å²) >= 11 is 3.89. The van der Waals surface area contributed by atoms with Crippen molar-refractivity contribution in [2.45, 2.75) is 52.5 Å². The molecule has 3 heteroatoms. The Hall–Kier alpha value is -0.380. The highest BCUT2D eigenvalue weighted by atomic mass is 32.1. The molecule has 0 saturated heterocycles. The van der Waals surface area contributed by atoms with Crippen LogP contribution in [0.4, 0.5) is 0 Å². The molecule has 2 aromatic heterocycles. The van der Waals surface area contributed by atoms with Crippen LogP contribution in [-0.2, 0) is 0 Å². The minimum Gasteiger partial charge on any atom is -0.309 e. The van der Waals surface area contributed by atoms with E-state index < -0.39 is 0 Å². The van der Waals surface area contributed by atoms with Crippen molar-refractivity contribution >= 4 is 32.1 Å². The Labute approximate surface area is 136 Å². The quantitative estimate of drug-likeness (QED) is 0.704. The van der Waals surface area contributed by atoms with Gasteiger partial charge in [0, 0.05) is 20.3 Å². The summed E-state index contributed by atoms with van der Waals surface area (Å²) in [4.78, 5) is 1.57. The lowest BCUT2D eigenvalue weighted by Gasteiger charge is -2.37. The Morgan fingerprint density at radius 1 is 1.24 bits per heavy atom. The lowest BCUT2D eigenvalue weighted by Crippen LogP contribution is -2.33. The average Bonchev–Trinajstić information content (AvgIpc) is 3.04. The number of hydrogen-bond acceptors (Lipinski definition) is 3. The molecule has 0 amide bonds.